The summed E-state index contributed by atoms with van der Waals surface area (Å²) in [6, 6.07) is 22.7. The number of nitrogens with one attached hydrogen (secondary N) is 1. The van der Waals surface area contributed by atoms with Crippen LogP contribution in [-0.2, 0) is 14.8 Å². The molecule has 0 heterocycles. The predicted octanol–water partition coefficient (Wildman–Crippen LogP) is 3.81. The van der Waals surface area contributed by atoms with Crippen molar-refractivity contribution in [3.63, 3.8) is 0 Å². The molecule has 33 heavy (non-hydrogen) atoms. The Morgan fingerprint density at radius 1 is 0.909 bits per heavy atom. The van der Waals surface area contributed by atoms with Crippen molar-refractivity contribution in [1.29, 1.82) is 0 Å². The molecule has 3 aromatic carbocycles. The van der Waals surface area contributed by atoms with Gasteiger partial charge in [-0.3, -0.25) is 9.10 Å². The Bertz CT molecular complexity index is 1160. The van der Waals surface area contributed by atoms with Crippen LogP contribution in [0, 0.1) is 0 Å². The summed E-state index contributed by atoms with van der Waals surface area (Å²) in [4.78, 5) is 13.8. The highest BCUT2D eigenvalue weighted by molar-refractivity contribution is 7.99. The molecule has 0 aromatic heterocycles. The number of hydrogen-bond donors (Lipinski definition) is 1. The maximum absolute atomic E-state index is 13.5. The second-order valence-electron chi connectivity index (χ2n) is 6.88. The van der Waals surface area contributed by atoms with Gasteiger partial charge in [-0.1, -0.05) is 36.4 Å². The van der Waals surface area contributed by atoms with Gasteiger partial charge in [0.2, 0.25) is 5.91 Å². The molecule has 1 N–H and O–H groups in total. The smallest absolute Gasteiger partial charge is 0.264 e. The first-order valence-electron chi connectivity index (χ1n) is 10.2. The van der Waals surface area contributed by atoms with Crippen LogP contribution in [0.4, 0.5) is 5.69 Å². The number of amides is 1. The zero-order valence-corrected chi connectivity index (χ0v) is 20.1. The maximum atomic E-state index is 13.5. The first-order valence-corrected chi connectivity index (χ1v) is 12.6. The normalized spacial score (nSPS) is 11.0. The third kappa shape index (κ3) is 6.43. The zero-order valence-electron chi connectivity index (χ0n) is 18.4. The largest absolute Gasteiger partial charge is 0.493 e. The van der Waals surface area contributed by atoms with E-state index < -0.39 is 15.9 Å². The number of anilines is 1. The fraction of sp³-hybridized carbons (Fsp3) is 0.208. The molecule has 7 nitrogen and oxygen atoms in total. The molecule has 3 rings (SSSR count). The molecule has 1 amide bonds. The van der Waals surface area contributed by atoms with Crippen LogP contribution in [0.5, 0.6) is 11.5 Å². The van der Waals surface area contributed by atoms with E-state index in [9.17, 15) is 13.2 Å². The second kappa shape index (κ2) is 11.6. The van der Waals surface area contributed by atoms with Crippen LogP contribution in [0.15, 0.2) is 88.7 Å². The first-order chi connectivity index (χ1) is 16.0. The molecule has 0 spiro atoms. The van der Waals surface area contributed by atoms with Crippen molar-refractivity contribution < 1.29 is 22.7 Å². The number of thioether (sulfide) groups is 1. The van der Waals surface area contributed by atoms with Crippen molar-refractivity contribution in [1.82, 2.24) is 5.32 Å². The number of hydrogen-bond acceptors (Lipinski definition) is 6. The Balaban J connectivity index is 1.75. The number of para-hydroxylation sites is 1. The molecule has 0 aliphatic rings. The summed E-state index contributed by atoms with van der Waals surface area (Å²) in [5.74, 6) is 0.977. The Hall–Kier alpha value is -3.17. The van der Waals surface area contributed by atoms with Crippen LogP contribution in [0.1, 0.15) is 0 Å². The Labute approximate surface area is 198 Å². The summed E-state index contributed by atoms with van der Waals surface area (Å²) in [5, 5.41) is 2.81. The van der Waals surface area contributed by atoms with E-state index in [1.54, 1.807) is 42.1 Å². The van der Waals surface area contributed by atoms with Gasteiger partial charge in [0.1, 0.15) is 6.54 Å². The Morgan fingerprint density at radius 3 is 2.18 bits per heavy atom. The van der Waals surface area contributed by atoms with Gasteiger partial charge in [-0.25, -0.2) is 8.42 Å². The molecule has 0 aliphatic carbocycles. The van der Waals surface area contributed by atoms with Crippen LogP contribution in [0.25, 0.3) is 0 Å². The maximum Gasteiger partial charge on any atom is 0.264 e. The summed E-state index contributed by atoms with van der Waals surface area (Å²) in [5.41, 5.74) is 0.390. The lowest BCUT2D eigenvalue weighted by molar-refractivity contribution is -0.119. The van der Waals surface area contributed by atoms with E-state index >= 15 is 0 Å². The molecular weight excluding hydrogens is 460 g/mol. The zero-order chi connectivity index (χ0) is 23.7. The van der Waals surface area contributed by atoms with E-state index in [1.165, 1.54) is 32.4 Å². The number of benzene rings is 3. The minimum absolute atomic E-state index is 0.00330. The van der Waals surface area contributed by atoms with Crippen molar-refractivity contribution in [3.8, 4) is 11.5 Å². The molecule has 3 aromatic rings. The van der Waals surface area contributed by atoms with Gasteiger partial charge in [-0.15, -0.1) is 11.8 Å². The summed E-state index contributed by atoms with van der Waals surface area (Å²) in [7, 11) is -1.14. The van der Waals surface area contributed by atoms with Crippen LogP contribution < -0.4 is 19.1 Å². The SMILES string of the molecule is COc1ccc(S(=O)(=O)N(CC(=O)NCCSc2ccccc2)c2ccccc2)cc1OC. The molecule has 0 saturated heterocycles. The lowest BCUT2D eigenvalue weighted by Gasteiger charge is -2.24. The number of rotatable bonds is 11. The standard InChI is InChI=1S/C24H26N2O5S2/c1-30-22-14-13-21(17-23(22)31-2)33(28,29)26(19-9-5-3-6-10-19)18-24(27)25-15-16-32-20-11-7-4-8-12-20/h3-14,17H,15-16,18H2,1-2H3,(H,25,27). The average Bonchev–Trinajstić information content (AvgIpc) is 2.85. The van der Waals surface area contributed by atoms with E-state index in [-0.39, 0.29) is 17.2 Å². The molecule has 0 atom stereocenters. The van der Waals surface area contributed by atoms with E-state index in [0.29, 0.717) is 23.7 Å². The van der Waals surface area contributed by atoms with Gasteiger partial charge in [-0.05, 0) is 36.4 Å². The van der Waals surface area contributed by atoms with Crippen LogP contribution in [0.3, 0.4) is 0 Å². The lowest BCUT2D eigenvalue weighted by atomic mass is 10.3. The minimum atomic E-state index is -4.05. The monoisotopic (exact) mass is 486 g/mol. The van der Waals surface area contributed by atoms with Gasteiger partial charge >= 0.3 is 0 Å². The number of methoxy groups -OCH3 is 2. The highest BCUT2D eigenvalue weighted by atomic mass is 32.2. The van der Waals surface area contributed by atoms with Crippen molar-refractivity contribution >= 4 is 33.4 Å². The first kappa shape index (κ1) is 24.5. The van der Waals surface area contributed by atoms with E-state index in [1.807, 2.05) is 30.3 Å². The number of ether oxygens (including phenoxy) is 2. The van der Waals surface area contributed by atoms with Crippen molar-refractivity contribution in [2.45, 2.75) is 9.79 Å². The summed E-state index contributed by atoms with van der Waals surface area (Å²) < 4.78 is 38.5. The minimum Gasteiger partial charge on any atom is -0.493 e. The molecule has 0 aliphatic heterocycles. The summed E-state index contributed by atoms with van der Waals surface area (Å²) in [6.45, 7) is 0.0636. The van der Waals surface area contributed by atoms with Gasteiger partial charge in [0.05, 0.1) is 24.8 Å². The van der Waals surface area contributed by atoms with Crippen molar-refractivity contribution in [3.05, 3.63) is 78.9 Å². The average molecular weight is 487 g/mol. The van der Waals surface area contributed by atoms with Crippen LogP contribution >= 0.6 is 11.8 Å². The predicted molar refractivity (Wildman–Crippen MR) is 131 cm³/mol. The third-order valence-electron chi connectivity index (χ3n) is 4.71. The highest BCUT2D eigenvalue weighted by Crippen LogP contribution is 2.32. The van der Waals surface area contributed by atoms with Crippen molar-refractivity contribution in [2.75, 3.05) is 37.4 Å². The lowest BCUT2D eigenvalue weighted by Crippen LogP contribution is -2.41. The summed E-state index contributed by atoms with van der Waals surface area (Å²) >= 11 is 1.62. The fourth-order valence-electron chi connectivity index (χ4n) is 3.08. The van der Waals surface area contributed by atoms with Gasteiger partial charge in [0.15, 0.2) is 11.5 Å². The van der Waals surface area contributed by atoms with E-state index in [0.717, 1.165) is 9.20 Å². The Morgan fingerprint density at radius 2 is 1.55 bits per heavy atom. The van der Waals surface area contributed by atoms with Crippen LogP contribution in [0.2, 0.25) is 0 Å². The molecule has 0 unspecified atom stereocenters. The molecule has 0 fully saturated rings. The summed E-state index contributed by atoms with van der Waals surface area (Å²) in [6.07, 6.45) is 0. The molecule has 0 saturated carbocycles. The van der Waals surface area contributed by atoms with E-state index in [2.05, 4.69) is 5.32 Å². The third-order valence-corrected chi connectivity index (χ3v) is 7.49. The number of sulfonamides is 1. The highest BCUT2D eigenvalue weighted by Gasteiger charge is 2.28. The molecular formula is C24H26N2O5S2. The number of carbonyl (C=O) groups is 1. The molecule has 0 bridgehead atoms. The van der Waals surface area contributed by atoms with Gasteiger partial charge < -0.3 is 14.8 Å². The molecule has 174 valence electrons. The second-order valence-corrected chi connectivity index (χ2v) is 9.91. The van der Waals surface area contributed by atoms with Gasteiger partial charge in [0, 0.05) is 23.3 Å². The number of carbonyl (C=O) groups excluding carboxylic acids is 1. The van der Waals surface area contributed by atoms with Crippen molar-refractivity contribution in [2.24, 2.45) is 0 Å². The van der Waals surface area contributed by atoms with Gasteiger partial charge in [-0.2, -0.15) is 0 Å². The number of nitrogens with zero attached hydrogens (tertiary/aromatic N) is 1. The Kier molecular flexibility index (Phi) is 8.62. The topological polar surface area (TPSA) is 84.9 Å². The quantitative estimate of drug-likeness (QED) is 0.328. The molecule has 9 heteroatoms. The molecule has 0 radical (unpaired) electrons. The van der Waals surface area contributed by atoms with Gasteiger partial charge in [0.25, 0.3) is 10.0 Å². The van der Waals surface area contributed by atoms with E-state index in [4.69, 9.17) is 9.47 Å². The fourth-order valence-corrected chi connectivity index (χ4v) is 5.30. The van der Waals surface area contributed by atoms with Crippen LogP contribution in [-0.4, -0.2) is 47.4 Å².